The van der Waals surface area contributed by atoms with Crippen molar-refractivity contribution in [3.05, 3.63) is 0 Å². The van der Waals surface area contributed by atoms with Crippen molar-refractivity contribution in [1.29, 1.82) is 0 Å². The molecule has 1 aliphatic rings. The molecule has 0 aliphatic carbocycles. The maximum Gasteiger partial charge on any atom is 0.220 e. The van der Waals surface area contributed by atoms with Crippen molar-refractivity contribution in [2.75, 3.05) is 18.8 Å². The van der Waals surface area contributed by atoms with Crippen LogP contribution < -0.4 is 11.1 Å². The van der Waals surface area contributed by atoms with Gasteiger partial charge in [-0.15, -0.1) is 0 Å². The van der Waals surface area contributed by atoms with E-state index in [4.69, 9.17) is 5.73 Å². The highest BCUT2D eigenvalue weighted by Gasteiger charge is 2.16. The smallest absolute Gasteiger partial charge is 0.220 e. The summed E-state index contributed by atoms with van der Waals surface area (Å²) < 4.78 is 0. The fourth-order valence-electron chi connectivity index (χ4n) is 1.50. The van der Waals surface area contributed by atoms with E-state index in [0.29, 0.717) is 24.1 Å². The molecule has 0 radical (unpaired) electrons. The molecule has 82 valence electrons. The van der Waals surface area contributed by atoms with Gasteiger partial charge in [0.15, 0.2) is 0 Å². The first kappa shape index (κ1) is 11.9. The Morgan fingerprint density at radius 1 is 1.71 bits per heavy atom. The van der Waals surface area contributed by atoms with E-state index in [1.54, 1.807) is 0 Å². The summed E-state index contributed by atoms with van der Waals surface area (Å²) >= 11 is 1.97. The minimum absolute atomic E-state index is 0.149. The molecule has 1 fully saturated rings. The maximum atomic E-state index is 11.4. The number of carbonyl (C=O) groups is 1. The van der Waals surface area contributed by atoms with Crippen LogP contribution in [0, 0.1) is 5.92 Å². The fraction of sp³-hybridized carbons (Fsp3) is 0.900. The Labute approximate surface area is 90.2 Å². The Hall–Kier alpha value is -0.220. The van der Waals surface area contributed by atoms with Crippen molar-refractivity contribution in [2.24, 2.45) is 11.7 Å². The summed E-state index contributed by atoms with van der Waals surface area (Å²) in [6.07, 6.45) is 3.11. The van der Waals surface area contributed by atoms with Crippen LogP contribution in [-0.4, -0.2) is 30.0 Å². The summed E-state index contributed by atoms with van der Waals surface area (Å²) in [5.74, 6) is 1.70. The molecule has 2 unspecified atom stereocenters. The lowest BCUT2D eigenvalue weighted by atomic mass is 10.1. The highest BCUT2D eigenvalue weighted by Crippen LogP contribution is 2.25. The number of rotatable bonds is 5. The summed E-state index contributed by atoms with van der Waals surface area (Å²) in [5.41, 5.74) is 5.45. The summed E-state index contributed by atoms with van der Waals surface area (Å²) in [6.45, 7) is 3.43. The van der Waals surface area contributed by atoms with Crippen LogP contribution in [-0.2, 0) is 4.79 Å². The molecule has 1 aliphatic heterocycles. The molecule has 1 heterocycles. The average molecular weight is 216 g/mol. The van der Waals surface area contributed by atoms with Gasteiger partial charge in [0.1, 0.15) is 0 Å². The molecule has 0 aromatic rings. The van der Waals surface area contributed by atoms with Crippen molar-refractivity contribution >= 4 is 17.7 Å². The molecular formula is C10H20N2OS. The molecule has 0 aromatic heterocycles. The monoisotopic (exact) mass is 216 g/mol. The van der Waals surface area contributed by atoms with Gasteiger partial charge >= 0.3 is 0 Å². The molecule has 3 nitrogen and oxygen atoms in total. The Balaban J connectivity index is 2.08. The van der Waals surface area contributed by atoms with Gasteiger partial charge < -0.3 is 11.1 Å². The Bertz CT molecular complexity index is 181. The summed E-state index contributed by atoms with van der Waals surface area (Å²) in [5, 5.41) is 3.62. The second-order valence-electron chi connectivity index (χ2n) is 3.98. The van der Waals surface area contributed by atoms with Gasteiger partial charge in [-0.1, -0.05) is 6.92 Å². The predicted octanol–water partition coefficient (Wildman–Crippen LogP) is 0.983. The van der Waals surface area contributed by atoms with Crippen molar-refractivity contribution in [3.8, 4) is 0 Å². The van der Waals surface area contributed by atoms with Gasteiger partial charge in [-0.25, -0.2) is 0 Å². The van der Waals surface area contributed by atoms with E-state index in [1.165, 1.54) is 18.6 Å². The maximum absolute atomic E-state index is 11.4. The molecule has 4 heteroatoms. The third-order valence-corrected chi connectivity index (χ3v) is 3.89. The van der Waals surface area contributed by atoms with Gasteiger partial charge in [-0.2, -0.15) is 11.8 Å². The van der Waals surface area contributed by atoms with Gasteiger partial charge in [-0.05, 0) is 31.1 Å². The molecule has 1 amide bonds. The zero-order valence-electron chi connectivity index (χ0n) is 8.79. The van der Waals surface area contributed by atoms with Crippen LogP contribution in [0.1, 0.15) is 26.2 Å². The topological polar surface area (TPSA) is 55.1 Å². The van der Waals surface area contributed by atoms with Crippen LogP contribution in [0.4, 0.5) is 0 Å². The van der Waals surface area contributed by atoms with E-state index in [1.807, 2.05) is 18.7 Å². The number of nitrogens with two attached hydrogens (primary N) is 1. The van der Waals surface area contributed by atoms with Gasteiger partial charge in [0.2, 0.25) is 5.91 Å². The quantitative estimate of drug-likeness (QED) is 0.720. The van der Waals surface area contributed by atoms with E-state index < -0.39 is 0 Å². The number of amides is 1. The molecule has 0 aromatic carbocycles. The number of nitrogens with one attached hydrogen (secondary N) is 1. The number of carbonyl (C=O) groups excluding carboxylic acids is 1. The number of thioether (sulfide) groups is 1. The minimum atomic E-state index is 0.149. The van der Waals surface area contributed by atoms with E-state index in [-0.39, 0.29) is 5.91 Å². The Morgan fingerprint density at radius 2 is 2.50 bits per heavy atom. The van der Waals surface area contributed by atoms with Crippen molar-refractivity contribution < 1.29 is 4.79 Å². The highest BCUT2D eigenvalue weighted by atomic mass is 32.2. The SMILES string of the molecule is CC(CN)CC(=O)NCC1CCCS1. The first-order valence-electron chi connectivity index (χ1n) is 5.30. The van der Waals surface area contributed by atoms with Gasteiger partial charge in [0, 0.05) is 18.2 Å². The minimum Gasteiger partial charge on any atom is -0.355 e. The molecule has 2 atom stereocenters. The van der Waals surface area contributed by atoms with E-state index in [0.717, 1.165) is 6.54 Å². The second kappa shape index (κ2) is 6.30. The number of hydrogen-bond donors (Lipinski definition) is 2. The zero-order chi connectivity index (χ0) is 10.4. The molecule has 3 N–H and O–H groups in total. The van der Waals surface area contributed by atoms with Gasteiger partial charge in [-0.3, -0.25) is 4.79 Å². The molecule has 0 spiro atoms. The first-order chi connectivity index (χ1) is 6.72. The average Bonchev–Trinajstić information content (AvgIpc) is 2.67. The molecule has 1 saturated heterocycles. The highest BCUT2D eigenvalue weighted by molar-refractivity contribution is 8.00. The Morgan fingerprint density at radius 3 is 3.07 bits per heavy atom. The fourth-order valence-corrected chi connectivity index (χ4v) is 2.71. The second-order valence-corrected chi connectivity index (χ2v) is 5.39. The van der Waals surface area contributed by atoms with Crippen molar-refractivity contribution in [1.82, 2.24) is 5.32 Å². The summed E-state index contributed by atoms with van der Waals surface area (Å²) in [7, 11) is 0. The first-order valence-corrected chi connectivity index (χ1v) is 6.35. The van der Waals surface area contributed by atoms with Crippen LogP contribution in [0.5, 0.6) is 0 Å². The summed E-state index contributed by atoms with van der Waals surface area (Å²) in [6, 6.07) is 0. The zero-order valence-corrected chi connectivity index (χ0v) is 9.61. The van der Waals surface area contributed by atoms with E-state index in [9.17, 15) is 4.79 Å². The van der Waals surface area contributed by atoms with Crippen LogP contribution in [0.3, 0.4) is 0 Å². The standard InChI is InChI=1S/C10H20N2OS/c1-8(6-11)5-10(13)12-7-9-3-2-4-14-9/h8-9H,2-7,11H2,1H3,(H,12,13). The molecule has 0 saturated carbocycles. The number of hydrogen-bond acceptors (Lipinski definition) is 3. The normalized spacial score (nSPS) is 23.4. The molecule has 0 bridgehead atoms. The van der Waals surface area contributed by atoms with Crippen LogP contribution in [0.2, 0.25) is 0 Å². The summed E-state index contributed by atoms with van der Waals surface area (Å²) in [4.78, 5) is 11.4. The van der Waals surface area contributed by atoms with Crippen LogP contribution in [0.25, 0.3) is 0 Å². The lowest BCUT2D eigenvalue weighted by Crippen LogP contribution is -2.31. The Kier molecular flexibility index (Phi) is 5.33. The lowest BCUT2D eigenvalue weighted by molar-refractivity contribution is -0.121. The third-order valence-electron chi connectivity index (χ3n) is 2.49. The molecular weight excluding hydrogens is 196 g/mol. The van der Waals surface area contributed by atoms with E-state index >= 15 is 0 Å². The van der Waals surface area contributed by atoms with Crippen molar-refractivity contribution in [2.45, 2.75) is 31.4 Å². The van der Waals surface area contributed by atoms with Crippen LogP contribution in [0.15, 0.2) is 0 Å². The third kappa shape index (κ3) is 4.33. The predicted molar refractivity (Wildman–Crippen MR) is 61.3 cm³/mol. The largest absolute Gasteiger partial charge is 0.355 e. The van der Waals surface area contributed by atoms with Crippen molar-refractivity contribution in [3.63, 3.8) is 0 Å². The van der Waals surface area contributed by atoms with Crippen LogP contribution >= 0.6 is 11.8 Å². The van der Waals surface area contributed by atoms with Gasteiger partial charge in [0.05, 0.1) is 0 Å². The molecule has 1 rings (SSSR count). The van der Waals surface area contributed by atoms with Gasteiger partial charge in [0.25, 0.3) is 0 Å². The lowest BCUT2D eigenvalue weighted by Gasteiger charge is -2.12. The van der Waals surface area contributed by atoms with E-state index in [2.05, 4.69) is 5.32 Å². The molecule has 14 heavy (non-hydrogen) atoms.